The summed E-state index contributed by atoms with van der Waals surface area (Å²) in [5, 5.41) is 19.9. The highest BCUT2D eigenvalue weighted by Crippen LogP contribution is 2.47. The molecule has 1 spiro atoms. The molecule has 30 heavy (non-hydrogen) atoms. The largest absolute Gasteiger partial charge is 0.395 e. The summed E-state index contributed by atoms with van der Waals surface area (Å²) in [5.41, 5.74) is 0.260. The van der Waals surface area contributed by atoms with Crippen LogP contribution in [0.25, 0.3) is 11.0 Å². The topological polar surface area (TPSA) is 129 Å². The van der Waals surface area contributed by atoms with E-state index in [2.05, 4.69) is 25.9 Å². The number of aliphatic hydroxyl groups is 1. The quantitative estimate of drug-likeness (QED) is 0.631. The molecule has 0 amide bonds. The number of nitrogens with one attached hydrogen (secondary N) is 1. The minimum atomic E-state index is -3.88. The molecule has 2 aliphatic rings. The third-order valence-electron chi connectivity index (χ3n) is 6.00. The zero-order chi connectivity index (χ0) is 21.4. The summed E-state index contributed by atoms with van der Waals surface area (Å²) in [7, 11) is -3.88. The summed E-state index contributed by atoms with van der Waals surface area (Å²) < 4.78 is 29.9. The van der Waals surface area contributed by atoms with Gasteiger partial charge in [-0.25, -0.2) is 9.97 Å². The lowest BCUT2D eigenvalue weighted by Gasteiger charge is -2.44. The van der Waals surface area contributed by atoms with E-state index in [1.807, 2.05) is 19.2 Å². The van der Waals surface area contributed by atoms with Crippen LogP contribution in [0, 0.1) is 11.3 Å². The van der Waals surface area contributed by atoms with Crippen molar-refractivity contribution in [3.63, 3.8) is 0 Å². The second-order valence-electron chi connectivity index (χ2n) is 7.93. The first-order valence-electron chi connectivity index (χ1n) is 10.3. The number of hydrogen-bond acceptors (Lipinski definition) is 7. The van der Waals surface area contributed by atoms with E-state index in [1.165, 1.54) is 10.6 Å². The molecule has 1 saturated carbocycles. The molecule has 2 fully saturated rings. The van der Waals surface area contributed by atoms with Crippen LogP contribution in [0.1, 0.15) is 32.6 Å². The molecule has 4 rings (SSSR count). The Kier molecular flexibility index (Phi) is 5.67. The van der Waals surface area contributed by atoms with Crippen molar-refractivity contribution in [1.82, 2.24) is 23.6 Å². The van der Waals surface area contributed by atoms with Crippen LogP contribution in [-0.4, -0.2) is 81.5 Å². The predicted octanol–water partition coefficient (Wildman–Crippen LogP) is 0.844. The number of nitriles is 1. The number of piperazine rings is 1. The van der Waals surface area contributed by atoms with Gasteiger partial charge in [-0.05, 0) is 25.3 Å². The number of nitrogens with zero attached hydrogens (tertiary/aromatic N) is 6. The molecule has 11 heteroatoms. The summed E-state index contributed by atoms with van der Waals surface area (Å²) in [6.07, 6.45) is 6.00. The molecule has 162 valence electrons. The number of hydrogen-bond donors (Lipinski definition) is 2. The van der Waals surface area contributed by atoms with E-state index in [1.54, 1.807) is 4.31 Å². The first-order chi connectivity index (χ1) is 14.5. The number of fused-ring (bicyclic) bond motifs is 1. The molecule has 0 radical (unpaired) electrons. The van der Waals surface area contributed by atoms with E-state index in [4.69, 9.17) is 0 Å². The molecule has 1 aliphatic carbocycles. The maximum Gasteiger partial charge on any atom is 0.283 e. The third kappa shape index (κ3) is 3.54. The smallest absolute Gasteiger partial charge is 0.283 e. The van der Waals surface area contributed by atoms with Crippen LogP contribution in [0.5, 0.6) is 0 Å². The van der Waals surface area contributed by atoms with E-state index in [0.717, 1.165) is 29.7 Å². The lowest BCUT2D eigenvalue weighted by Crippen LogP contribution is -2.61. The summed E-state index contributed by atoms with van der Waals surface area (Å²) in [4.78, 5) is 13.9. The highest BCUT2D eigenvalue weighted by atomic mass is 32.2. The van der Waals surface area contributed by atoms with Crippen molar-refractivity contribution < 1.29 is 13.5 Å². The molecule has 0 aromatic carbocycles. The van der Waals surface area contributed by atoms with Crippen molar-refractivity contribution in [2.75, 3.05) is 37.7 Å². The minimum absolute atomic E-state index is 0.0766. The first kappa shape index (κ1) is 21.0. The van der Waals surface area contributed by atoms with Gasteiger partial charge in [0, 0.05) is 32.4 Å². The highest BCUT2D eigenvalue weighted by Gasteiger charge is 2.57. The van der Waals surface area contributed by atoms with Crippen molar-refractivity contribution in [1.29, 1.82) is 5.26 Å². The van der Waals surface area contributed by atoms with Gasteiger partial charge < -0.3 is 15.0 Å². The number of anilines is 1. The Labute approximate surface area is 176 Å². The number of aromatic nitrogens is 3. The number of rotatable bonds is 8. The van der Waals surface area contributed by atoms with Crippen LogP contribution in [0.3, 0.4) is 0 Å². The number of aliphatic hydroxyl groups excluding tert-OH is 1. The van der Waals surface area contributed by atoms with E-state index in [-0.39, 0.29) is 13.2 Å². The van der Waals surface area contributed by atoms with Gasteiger partial charge in [-0.15, -0.1) is 0 Å². The van der Waals surface area contributed by atoms with Crippen LogP contribution in [0.2, 0.25) is 0 Å². The zero-order valence-electron chi connectivity index (χ0n) is 17.0. The Morgan fingerprint density at radius 2 is 2.20 bits per heavy atom. The molecule has 1 saturated heterocycles. The van der Waals surface area contributed by atoms with Gasteiger partial charge in [0.15, 0.2) is 0 Å². The average Bonchev–Trinajstić information content (AvgIpc) is 3.31. The van der Waals surface area contributed by atoms with Crippen molar-refractivity contribution in [3.8, 4) is 6.07 Å². The van der Waals surface area contributed by atoms with E-state index in [9.17, 15) is 18.8 Å². The maximum absolute atomic E-state index is 13.6. The zero-order valence-corrected chi connectivity index (χ0v) is 17.8. The Hall–Kier alpha value is -2.26. The Morgan fingerprint density at radius 1 is 1.40 bits per heavy atom. The number of H-pyrrole nitrogens is 1. The lowest BCUT2D eigenvalue weighted by atomic mass is 10.2. The van der Waals surface area contributed by atoms with Gasteiger partial charge in [-0.3, -0.25) is 0 Å². The van der Waals surface area contributed by atoms with Gasteiger partial charge in [0.1, 0.15) is 23.8 Å². The Balaban J connectivity index is 1.61. The molecule has 2 N–H and O–H groups in total. The first-order valence-corrected chi connectivity index (χ1v) is 11.7. The average molecular weight is 434 g/mol. The van der Waals surface area contributed by atoms with E-state index in [0.29, 0.717) is 32.5 Å². The molecule has 3 heterocycles. The SMILES string of the molecule is CCCC(C#N)N(CCO)S(=O)(=O)N1CCN(c2ncnc3[nH]ccc23)CC12CC2. The summed E-state index contributed by atoms with van der Waals surface area (Å²) in [6, 6.07) is 3.26. The van der Waals surface area contributed by atoms with Gasteiger partial charge in [-0.2, -0.15) is 22.3 Å². The fourth-order valence-corrected chi connectivity index (χ4v) is 6.45. The van der Waals surface area contributed by atoms with E-state index < -0.39 is 21.8 Å². The van der Waals surface area contributed by atoms with Crippen molar-refractivity contribution in [2.24, 2.45) is 0 Å². The summed E-state index contributed by atoms with van der Waals surface area (Å²) in [6.45, 7) is 2.87. The van der Waals surface area contributed by atoms with Gasteiger partial charge >= 0.3 is 0 Å². The fraction of sp³-hybridized carbons (Fsp3) is 0.632. The van der Waals surface area contributed by atoms with Crippen LogP contribution in [0.4, 0.5) is 5.82 Å². The predicted molar refractivity (Wildman–Crippen MR) is 112 cm³/mol. The molecule has 0 bridgehead atoms. The van der Waals surface area contributed by atoms with Gasteiger partial charge in [-0.1, -0.05) is 13.3 Å². The highest BCUT2D eigenvalue weighted by molar-refractivity contribution is 7.86. The second kappa shape index (κ2) is 8.11. The molecular weight excluding hydrogens is 406 g/mol. The lowest BCUT2D eigenvalue weighted by molar-refractivity contribution is 0.205. The molecule has 1 unspecified atom stereocenters. The molecular formula is C19H27N7O3S. The monoisotopic (exact) mass is 433 g/mol. The minimum Gasteiger partial charge on any atom is -0.395 e. The van der Waals surface area contributed by atoms with Crippen LogP contribution < -0.4 is 4.90 Å². The standard InChI is InChI=1S/C19H27N7O3S/c1-2-3-15(12-20)25(10-11-27)30(28,29)26-9-8-24(13-19(26)5-6-19)18-16-4-7-21-17(16)22-14-23-18/h4,7,14-15,27H,2-3,5-6,8-11,13H2,1H3,(H,21,22,23). The van der Waals surface area contributed by atoms with Crippen molar-refractivity contribution >= 4 is 27.1 Å². The Bertz CT molecular complexity index is 1040. The third-order valence-corrected chi connectivity index (χ3v) is 8.16. The molecule has 1 aliphatic heterocycles. The van der Waals surface area contributed by atoms with Gasteiger partial charge in [0.05, 0.1) is 23.6 Å². The normalized spacial score (nSPS) is 20.0. The Morgan fingerprint density at radius 3 is 2.87 bits per heavy atom. The molecule has 1 atom stereocenters. The van der Waals surface area contributed by atoms with Crippen molar-refractivity contribution in [2.45, 2.75) is 44.2 Å². The summed E-state index contributed by atoms with van der Waals surface area (Å²) in [5.74, 6) is 0.803. The van der Waals surface area contributed by atoms with Gasteiger partial charge in [0.25, 0.3) is 10.2 Å². The van der Waals surface area contributed by atoms with E-state index >= 15 is 0 Å². The molecule has 10 nitrogen and oxygen atoms in total. The van der Waals surface area contributed by atoms with Gasteiger partial charge in [0.2, 0.25) is 0 Å². The summed E-state index contributed by atoms with van der Waals surface area (Å²) >= 11 is 0. The van der Waals surface area contributed by atoms with Crippen LogP contribution >= 0.6 is 0 Å². The second-order valence-corrected chi connectivity index (χ2v) is 9.74. The molecule has 2 aromatic rings. The number of aromatic amines is 1. The molecule has 2 aromatic heterocycles. The van der Waals surface area contributed by atoms with Crippen LogP contribution in [0.15, 0.2) is 18.6 Å². The van der Waals surface area contributed by atoms with Crippen LogP contribution in [-0.2, 0) is 10.2 Å². The fourth-order valence-electron chi connectivity index (χ4n) is 4.37. The van der Waals surface area contributed by atoms with Crippen molar-refractivity contribution in [3.05, 3.63) is 18.6 Å². The maximum atomic E-state index is 13.6.